The lowest BCUT2D eigenvalue weighted by atomic mass is 10.1. The molecule has 2 heterocycles. The number of benzene rings is 2. The van der Waals surface area contributed by atoms with Crippen LogP contribution in [0.25, 0.3) is 0 Å². The van der Waals surface area contributed by atoms with E-state index in [-0.39, 0.29) is 23.5 Å². The molecule has 0 fully saturated rings. The van der Waals surface area contributed by atoms with E-state index in [1.807, 2.05) is 24.3 Å². The van der Waals surface area contributed by atoms with Gasteiger partial charge in [-0.2, -0.15) is 0 Å². The van der Waals surface area contributed by atoms with E-state index in [2.05, 4.69) is 25.6 Å². The first kappa shape index (κ1) is 21.2. The summed E-state index contributed by atoms with van der Waals surface area (Å²) in [6.07, 6.45) is 2.91. The molecule has 0 aliphatic heterocycles. The largest absolute Gasteiger partial charge is 0.437 e. The van der Waals surface area contributed by atoms with E-state index < -0.39 is 0 Å². The highest BCUT2D eigenvalue weighted by Crippen LogP contribution is 2.27. The summed E-state index contributed by atoms with van der Waals surface area (Å²) in [6, 6.07) is 13.0. The normalized spacial score (nSPS) is 10.5. The number of nitrogens with one attached hydrogen (secondary N) is 3. The van der Waals surface area contributed by atoms with Crippen molar-refractivity contribution in [3.63, 3.8) is 0 Å². The van der Waals surface area contributed by atoms with Crippen LogP contribution in [0, 0.1) is 5.82 Å². The van der Waals surface area contributed by atoms with Gasteiger partial charge in [0, 0.05) is 13.1 Å². The van der Waals surface area contributed by atoms with Gasteiger partial charge >= 0.3 is 0 Å². The number of amides is 2. The Hall–Kier alpha value is -4.05. The van der Waals surface area contributed by atoms with Gasteiger partial charge in [0.25, 0.3) is 11.8 Å². The Labute approximate surface area is 186 Å². The highest BCUT2D eigenvalue weighted by atomic mass is 32.1. The van der Waals surface area contributed by atoms with E-state index in [1.165, 1.54) is 42.3 Å². The number of thiazole rings is 1. The topological polar surface area (TPSA) is 109 Å². The summed E-state index contributed by atoms with van der Waals surface area (Å²) in [5, 5.41) is 5.63. The van der Waals surface area contributed by atoms with Gasteiger partial charge in [-0.3, -0.25) is 9.59 Å². The van der Waals surface area contributed by atoms with Crippen molar-refractivity contribution < 1.29 is 18.7 Å². The number of imidazole rings is 1. The van der Waals surface area contributed by atoms with Gasteiger partial charge in [0.1, 0.15) is 17.3 Å². The fourth-order valence-electron chi connectivity index (χ4n) is 2.77. The number of aromatic amines is 1. The SMILES string of the molecule is O=C(NCc1ccc(CNC(=O)c2scnc2Oc2ccc(F)cc2)cc1)c1cnc[nH]1. The number of nitrogens with zero attached hydrogens (tertiary/aromatic N) is 2. The summed E-state index contributed by atoms with van der Waals surface area (Å²) >= 11 is 1.16. The van der Waals surface area contributed by atoms with Crippen molar-refractivity contribution in [2.45, 2.75) is 13.1 Å². The minimum absolute atomic E-state index is 0.169. The number of carbonyl (C=O) groups is 2. The van der Waals surface area contributed by atoms with Gasteiger partial charge in [-0.05, 0) is 35.4 Å². The third-order valence-electron chi connectivity index (χ3n) is 4.44. The van der Waals surface area contributed by atoms with Crippen LogP contribution in [0.1, 0.15) is 31.3 Å². The summed E-state index contributed by atoms with van der Waals surface area (Å²) in [6.45, 7) is 0.683. The van der Waals surface area contributed by atoms with Gasteiger partial charge in [0.05, 0.1) is 18.0 Å². The van der Waals surface area contributed by atoms with Gasteiger partial charge in [0.15, 0.2) is 4.88 Å². The monoisotopic (exact) mass is 451 g/mol. The molecule has 2 aromatic heterocycles. The maximum absolute atomic E-state index is 13.0. The number of halogens is 1. The Morgan fingerprint density at radius 1 is 0.969 bits per heavy atom. The average molecular weight is 451 g/mol. The van der Waals surface area contributed by atoms with E-state index in [0.717, 1.165) is 22.5 Å². The van der Waals surface area contributed by atoms with Crippen LogP contribution in [-0.4, -0.2) is 26.8 Å². The zero-order valence-corrected chi connectivity index (χ0v) is 17.5. The molecule has 2 amide bonds. The average Bonchev–Trinajstić information content (AvgIpc) is 3.51. The second-order valence-corrected chi connectivity index (χ2v) is 7.54. The molecule has 10 heteroatoms. The first-order valence-corrected chi connectivity index (χ1v) is 10.5. The minimum Gasteiger partial charge on any atom is -0.437 e. The highest BCUT2D eigenvalue weighted by Gasteiger charge is 2.17. The smallest absolute Gasteiger partial charge is 0.269 e. The van der Waals surface area contributed by atoms with Crippen LogP contribution in [-0.2, 0) is 13.1 Å². The maximum Gasteiger partial charge on any atom is 0.269 e. The van der Waals surface area contributed by atoms with Gasteiger partial charge in [0.2, 0.25) is 5.88 Å². The molecule has 0 atom stereocenters. The molecule has 4 rings (SSSR count). The Bertz CT molecular complexity index is 1190. The van der Waals surface area contributed by atoms with Crippen molar-refractivity contribution in [2.75, 3.05) is 0 Å². The van der Waals surface area contributed by atoms with Crippen molar-refractivity contribution in [2.24, 2.45) is 0 Å². The van der Waals surface area contributed by atoms with Crippen LogP contribution in [0.3, 0.4) is 0 Å². The maximum atomic E-state index is 13.0. The Kier molecular flexibility index (Phi) is 6.52. The molecule has 0 saturated carbocycles. The van der Waals surface area contributed by atoms with Crippen LogP contribution >= 0.6 is 11.3 Å². The Morgan fingerprint density at radius 3 is 2.25 bits per heavy atom. The summed E-state index contributed by atoms with van der Waals surface area (Å²) in [5.74, 6) is -0.369. The minimum atomic E-state index is -0.375. The van der Waals surface area contributed by atoms with Gasteiger partial charge in [-0.1, -0.05) is 24.3 Å². The summed E-state index contributed by atoms with van der Waals surface area (Å²) in [7, 11) is 0. The Balaban J connectivity index is 1.29. The summed E-state index contributed by atoms with van der Waals surface area (Å²) in [5.41, 5.74) is 3.73. The zero-order valence-electron chi connectivity index (χ0n) is 16.7. The molecule has 0 aliphatic rings. The lowest BCUT2D eigenvalue weighted by Gasteiger charge is -2.08. The summed E-state index contributed by atoms with van der Waals surface area (Å²) in [4.78, 5) is 35.5. The molecule has 162 valence electrons. The zero-order chi connectivity index (χ0) is 22.3. The van der Waals surface area contributed by atoms with Gasteiger partial charge in [-0.15, -0.1) is 11.3 Å². The van der Waals surface area contributed by atoms with Gasteiger partial charge < -0.3 is 20.4 Å². The van der Waals surface area contributed by atoms with Crippen LogP contribution in [0.4, 0.5) is 4.39 Å². The van der Waals surface area contributed by atoms with Crippen molar-refractivity contribution >= 4 is 23.2 Å². The molecule has 2 aromatic carbocycles. The van der Waals surface area contributed by atoms with Gasteiger partial charge in [-0.25, -0.2) is 14.4 Å². The quantitative estimate of drug-likeness (QED) is 0.379. The first-order valence-electron chi connectivity index (χ1n) is 9.58. The van der Waals surface area contributed by atoms with Crippen molar-refractivity contribution in [3.05, 3.63) is 94.1 Å². The number of carbonyl (C=O) groups excluding carboxylic acids is 2. The van der Waals surface area contributed by atoms with E-state index in [1.54, 1.807) is 0 Å². The molecular formula is C22H18FN5O3S. The lowest BCUT2D eigenvalue weighted by molar-refractivity contribution is 0.0940. The van der Waals surface area contributed by atoms with Crippen LogP contribution < -0.4 is 15.4 Å². The molecule has 0 spiro atoms. The van der Waals surface area contributed by atoms with E-state index >= 15 is 0 Å². The molecule has 8 nitrogen and oxygen atoms in total. The standard InChI is InChI=1S/C22H18FN5O3S/c23-16-5-7-17(8-6-16)31-22-19(32-13-28-22)21(30)26-10-15-3-1-14(2-4-15)9-25-20(29)18-11-24-12-27-18/h1-8,11-13H,9-10H2,(H,24,27)(H,25,29)(H,26,30). The van der Waals surface area contributed by atoms with E-state index in [4.69, 9.17) is 4.74 Å². The number of hydrogen-bond acceptors (Lipinski definition) is 6. The molecular weight excluding hydrogens is 433 g/mol. The molecule has 0 saturated heterocycles. The predicted octanol–water partition coefficient (Wildman–Crippen LogP) is 3.66. The number of aromatic nitrogens is 3. The van der Waals surface area contributed by atoms with E-state index in [9.17, 15) is 14.0 Å². The molecule has 4 aromatic rings. The van der Waals surface area contributed by atoms with Crippen LogP contribution in [0.2, 0.25) is 0 Å². The number of H-pyrrole nitrogens is 1. The Morgan fingerprint density at radius 2 is 1.62 bits per heavy atom. The summed E-state index contributed by atoms with van der Waals surface area (Å²) < 4.78 is 18.6. The fourth-order valence-corrected chi connectivity index (χ4v) is 3.40. The third-order valence-corrected chi connectivity index (χ3v) is 5.25. The molecule has 0 unspecified atom stereocenters. The number of ether oxygens (including phenoxy) is 1. The van der Waals surface area contributed by atoms with Crippen molar-refractivity contribution in [1.82, 2.24) is 25.6 Å². The molecule has 3 N–H and O–H groups in total. The third kappa shape index (κ3) is 5.35. The second-order valence-electron chi connectivity index (χ2n) is 6.69. The fraction of sp³-hybridized carbons (Fsp3) is 0.0909. The van der Waals surface area contributed by atoms with Crippen LogP contribution in [0.15, 0.2) is 66.6 Å². The van der Waals surface area contributed by atoms with Crippen molar-refractivity contribution in [3.8, 4) is 11.6 Å². The number of rotatable bonds is 8. The van der Waals surface area contributed by atoms with Crippen LogP contribution in [0.5, 0.6) is 11.6 Å². The lowest BCUT2D eigenvalue weighted by Crippen LogP contribution is -2.23. The number of hydrogen-bond donors (Lipinski definition) is 3. The predicted molar refractivity (Wildman–Crippen MR) is 116 cm³/mol. The van der Waals surface area contributed by atoms with E-state index in [0.29, 0.717) is 29.4 Å². The first-order chi connectivity index (χ1) is 15.6. The van der Waals surface area contributed by atoms with Crippen molar-refractivity contribution in [1.29, 1.82) is 0 Å². The molecule has 32 heavy (non-hydrogen) atoms. The molecule has 0 aliphatic carbocycles. The molecule has 0 bridgehead atoms. The molecule has 0 radical (unpaired) electrons. The second kappa shape index (κ2) is 9.84. The highest BCUT2D eigenvalue weighted by molar-refractivity contribution is 7.12.